The zero-order valence-corrected chi connectivity index (χ0v) is 56.8. The van der Waals surface area contributed by atoms with E-state index in [-0.39, 0.29) is 25.6 Å². The highest BCUT2D eigenvalue weighted by Gasteiger charge is 2.27. The molecule has 0 aromatic heterocycles. The molecule has 0 aliphatic heterocycles. The van der Waals surface area contributed by atoms with Crippen molar-refractivity contribution >= 4 is 19.8 Å². The molecule has 0 saturated heterocycles. The topological polar surface area (TPSA) is 108 Å². The summed E-state index contributed by atoms with van der Waals surface area (Å²) in [5, 5.41) is 0. The van der Waals surface area contributed by atoms with E-state index in [4.69, 9.17) is 18.5 Å². The molecule has 490 valence electrons. The summed E-state index contributed by atoms with van der Waals surface area (Å²) in [6.45, 7) is 4.38. The van der Waals surface area contributed by atoms with E-state index in [1.807, 2.05) is 21.1 Å². The monoisotopic (exact) mass is 1200 g/mol. The minimum Gasteiger partial charge on any atom is -0.462 e. The van der Waals surface area contributed by atoms with E-state index in [1.54, 1.807) is 0 Å². The van der Waals surface area contributed by atoms with Crippen LogP contribution in [0.2, 0.25) is 0 Å². The fraction of sp³-hybridized carbons (Fsp3) is 0.811. The molecule has 0 rings (SSSR count). The van der Waals surface area contributed by atoms with Gasteiger partial charge in [0.25, 0.3) is 0 Å². The van der Waals surface area contributed by atoms with Gasteiger partial charge in [-0.15, -0.1) is 0 Å². The number of unbranched alkanes of at least 4 members (excludes halogenated alkanes) is 40. The lowest BCUT2D eigenvalue weighted by atomic mass is 10.0. The Hall–Kier alpha value is -2.55. The molecule has 0 aliphatic carbocycles. The molecule has 0 heterocycles. The van der Waals surface area contributed by atoms with Gasteiger partial charge in [0.2, 0.25) is 0 Å². The number of phosphoric ester groups is 1. The molecule has 2 unspecified atom stereocenters. The SMILES string of the molecule is CC/C=C\C/C=C\C/C=C\C/C=C\C/C=C\C/C=C\CCCCCCCCCCCCCCCCCCCCC(=O)OC(COC(=O)CCCCCCCCCCCCCCCCCCCCCCCCC)COP(=O)(O)OCC[N+](C)(C)C. The van der Waals surface area contributed by atoms with Crippen LogP contribution in [-0.4, -0.2) is 74.9 Å². The van der Waals surface area contributed by atoms with Crippen LogP contribution in [0.15, 0.2) is 72.9 Å². The maximum absolute atomic E-state index is 12.9. The number of rotatable bonds is 66. The summed E-state index contributed by atoms with van der Waals surface area (Å²) in [6.07, 6.45) is 87.3. The largest absolute Gasteiger partial charge is 0.472 e. The Morgan fingerprint density at radius 3 is 1.01 bits per heavy atom. The second-order valence-electron chi connectivity index (χ2n) is 25.3. The highest BCUT2D eigenvalue weighted by atomic mass is 31.2. The summed E-state index contributed by atoms with van der Waals surface area (Å²) < 4.78 is 34.7. The first-order valence-electron chi connectivity index (χ1n) is 35.7. The molecule has 10 heteroatoms. The average Bonchev–Trinajstić information content (AvgIpc) is 3.61. The average molecular weight is 1200 g/mol. The molecule has 84 heavy (non-hydrogen) atoms. The van der Waals surface area contributed by atoms with Crippen LogP contribution in [-0.2, 0) is 32.7 Å². The number of allylic oxidation sites excluding steroid dienone is 12. The zero-order valence-electron chi connectivity index (χ0n) is 55.9. The van der Waals surface area contributed by atoms with Crippen molar-refractivity contribution in [3.8, 4) is 0 Å². The van der Waals surface area contributed by atoms with Crippen LogP contribution in [0.3, 0.4) is 0 Å². The van der Waals surface area contributed by atoms with E-state index < -0.39 is 26.5 Å². The zero-order chi connectivity index (χ0) is 61.2. The minimum absolute atomic E-state index is 0.0331. The number of hydrogen-bond donors (Lipinski definition) is 1. The standard InChI is InChI=1S/C74H136NO8P/c1-6-8-10-12-14-16-18-20-22-24-26-28-30-31-32-33-34-35-36-37-38-39-40-41-42-43-45-47-49-51-53-55-57-59-61-63-65-67-74(77)83-72(71-82-84(78,79)81-69-68-75(3,4)5)70-80-73(76)66-64-62-60-58-56-54-52-50-48-46-44-29-27-25-23-21-19-17-15-13-11-9-7-2/h8,10,14,16,20,22,26,28,31-32,34-35,72H,6-7,9,11-13,15,17-19,21,23-25,27,29-30,33,36-71H2,1-5H3/p+1/b10-8-,16-14-,22-20-,28-26-,32-31-,35-34-. The van der Waals surface area contributed by atoms with Gasteiger partial charge in [-0.1, -0.05) is 331 Å². The van der Waals surface area contributed by atoms with Crippen LogP contribution in [0.5, 0.6) is 0 Å². The fourth-order valence-corrected chi connectivity index (χ4v) is 11.1. The van der Waals surface area contributed by atoms with Crippen LogP contribution in [0, 0.1) is 0 Å². The Kier molecular flexibility index (Phi) is 62.9. The summed E-state index contributed by atoms with van der Waals surface area (Å²) in [7, 11) is 1.49. The Labute approximate surface area is 520 Å². The molecule has 2 atom stereocenters. The smallest absolute Gasteiger partial charge is 0.462 e. The molecular formula is C74H137NO8P+. The second-order valence-corrected chi connectivity index (χ2v) is 26.7. The van der Waals surface area contributed by atoms with Crippen LogP contribution >= 0.6 is 7.82 Å². The van der Waals surface area contributed by atoms with E-state index in [1.165, 1.54) is 231 Å². The van der Waals surface area contributed by atoms with Gasteiger partial charge in [-0.2, -0.15) is 0 Å². The van der Waals surface area contributed by atoms with Gasteiger partial charge in [-0.25, -0.2) is 4.57 Å². The summed E-state index contributed by atoms with van der Waals surface area (Å²) >= 11 is 0. The highest BCUT2D eigenvalue weighted by molar-refractivity contribution is 7.47. The Morgan fingerprint density at radius 1 is 0.381 bits per heavy atom. The third-order valence-corrected chi connectivity index (χ3v) is 16.7. The number of quaternary nitrogens is 1. The van der Waals surface area contributed by atoms with Crippen molar-refractivity contribution in [2.75, 3.05) is 47.5 Å². The number of ether oxygens (including phenoxy) is 2. The van der Waals surface area contributed by atoms with E-state index in [0.29, 0.717) is 23.9 Å². The lowest BCUT2D eigenvalue weighted by molar-refractivity contribution is -0.870. The summed E-state index contributed by atoms with van der Waals surface area (Å²) in [6, 6.07) is 0. The number of phosphoric acid groups is 1. The maximum Gasteiger partial charge on any atom is 0.472 e. The van der Waals surface area contributed by atoms with Crippen molar-refractivity contribution in [2.45, 2.75) is 341 Å². The second kappa shape index (κ2) is 64.9. The van der Waals surface area contributed by atoms with Crippen molar-refractivity contribution in [1.29, 1.82) is 0 Å². The Bertz CT molecular complexity index is 1650. The maximum atomic E-state index is 12.9. The molecule has 0 fully saturated rings. The van der Waals surface area contributed by atoms with E-state index in [2.05, 4.69) is 86.8 Å². The third kappa shape index (κ3) is 68.6. The van der Waals surface area contributed by atoms with Crippen molar-refractivity contribution in [3.63, 3.8) is 0 Å². The lowest BCUT2D eigenvalue weighted by Gasteiger charge is -2.24. The van der Waals surface area contributed by atoms with Gasteiger partial charge in [-0.3, -0.25) is 18.6 Å². The third-order valence-electron chi connectivity index (χ3n) is 15.8. The molecule has 0 aromatic rings. The van der Waals surface area contributed by atoms with Crippen LogP contribution in [0.25, 0.3) is 0 Å². The van der Waals surface area contributed by atoms with Crippen molar-refractivity contribution in [1.82, 2.24) is 0 Å². The van der Waals surface area contributed by atoms with Gasteiger partial charge in [0, 0.05) is 12.8 Å². The number of likely N-dealkylation sites (N-methyl/N-ethyl adjacent to an activating group) is 1. The van der Waals surface area contributed by atoms with Gasteiger partial charge >= 0.3 is 19.8 Å². The lowest BCUT2D eigenvalue weighted by Crippen LogP contribution is -2.37. The predicted molar refractivity (Wildman–Crippen MR) is 363 cm³/mol. The number of carbonyl (C=O) groups is 2. The molecule has 0 amide bonds. The van der Waals surface area contributed by atoms with E-state index in [9.17, 15) is 19.0 Å². The van der Waals surface area contributed by atoms with Crippen LogP contribution in [0.1, 0.15) is 335 Å². The highest BCUT2D eigenvalue weighted by Crippen LogP contribution is 2.43. The van der Waals surface area contributed by atoms with Gasteiger partial charge in [-0.05, 0) is 64.2 Å². The molecule has 9 nitrogen and oxygen atoms in total. The number of nitrogens with zero attached hydrogens (tertiary/aromatic N) is 1. The normalized spacial score (nSPS) is 13.5. The Balaban J connectivity index is 3.98. The van der Waals surface area contributed by atoms with Gasteiger partial charge in [0.05, 0.1) is 27.7 Å². The molecule has 0 aromatic carbocycles. The first kappa shape index (κ1) is 81.5. The van der Waals surface area contributed by atoms with Crippen molar-refractivity contribution < 1.29 is 42.1 Å². The number of carbonyl (C=O) groups excluding carboxylic acids is 2. The van der Waals surface area contributed by atoms with E-state index in [0.717, 1.165) is 70.6 Å². The molecule has 0 saturated carbocycles. The quantitative estimate of drug-likeness (QED) is 0.0211. The summed E-state index contributed by atoms with van der Waals surface area (Å²) in [5.74, 6) is -0.779. The van der Waals surface area contributed by atoms with Crippen molar-refractivity contribution in [2.24, 2.45) is 0 Å². The van der Waals surface area contributed by atoms with Crippen LogP contribution < -0.4 is 0 Å². The molecule has 0 aliphatic rings. The number of esters is 2. The number of hydrogen-bond acceptors (Lipinski definition) is 7. The molecule has 0 spiro atoms. The summed E-state index contributed by atoms with van der Waals surface area (Å²) in [5.41, 5.74) is 0. The van der Waals surface area contributed by atoms with Gasteiger partial charge in [0.15, 0.2) is 6.10 Å². The fourth-order valence-electron chi connectivity index (χ4n) is 10.3. The van der Waals surface area contributed by atoms with Gasteiger partial charge < -0.3 is 18.9 Å². The first-order valence-corrected chi connectivity index (χ1v) is 37.2. The predicted octanol–water partition coefficient (Wildman–Crippen LogP) is 23.2. The Morgan fingerprint density at radius 2 is 0.679 bits per heavy atom. The van der Waals surface area contributed by atoms with E-state index >= 15 is 0 Å². The molecule has 1 N–H and O–H groups in total. The first-order chi connectivity index (χ1) is 41.0. The van der Waals surface area contributed by atoms with Crippen molar-refractivity contribution in [3.05, 3.63) is 72.9 Å². The van der Waals surface area contributed by atoms with Crippen LogP contribution in [0.4, 0.5) is 0 Å². The molecular weight excluding hydrogens is 1060 g/mol. The summed E-state index contributed by atoms with van der Waals surface area (Å²) in [4.78, 5) is 35.9. The molecule has 0 bridgehead atoms. The molecule has 0 radical (unpaired) electrons. The minimum atomic E-state index is -4.39. The van der Waals surface area contributed by atoms with Gasteiger partial charge in [0.1, 0.15) is 19.8 Å².